The summed E-state index contributed by atoms with van der Waals surface area (Å²) in [5.74, 6) is -5.83. The van der Waals surface area contributed by atoms with Crippen LogP contribution in [0, 0.1) is 5.92 Å². The summed E-state index contributed by atoms with van der Waals surface area (Å²) in [6, 6.07) is 0.899. The van der Waals surface area contributed by atoms with Crippen LogP contribution in [0.4, 0.5) is 0 Å². The molecule has 0 aliphatic heterocycles. The highest BCUT2D eigenvalue weighted by atomic mass is 32.1. The minimum absolute atomic E-state index is 0.0531. The molecule has 0 spiro atoms. The van der Waals surface area contributed by atoms with Crippen LogP contribution in [0.25, 0.3) is 0 Å². The van der Waals surface area contributed by atoms with Gasteiger partial charge in [0.2, 0.25) is 17.7 Å². The van der Waals surface area contributed by atoms with Crippen molar-refractivity contribution in [2.45, 2.75) is 57.3 Å². The fourth-order valence-corrected chi connectivity index (χ4v) is 3.30. The number of nitrogens with one attached hydrogen (secondary N) is 3. The van der Waals surface area contributed by atoms with Crippen molar-refractivity contribution in [3.8, 4) is 5.75 Å². The Hall–Kier alpha value is -3.32. The fraction of sp³-hybridized carbons (Fsp3) is 0.500. The van der Waals surface area contributed by atoms with Gasteiger partial charge in [-0.05, 0) is 30.0 Å². The van der Waals surface area contributed by atoms with E-state index in [0.29, 0.717) is 12.0 Å². The topological polar surface area (TPSA) is 208 Å². The summed E-state index contributed by atoms with van der Waals surface area (Å²) in [4.78, 5) is 60.5. The first-order valence-electron chi connectivity index (χ1n) is 10.9. The van der Waals surface area contributed by atoms with Crippen LogP contribution in [-0.2, 0) is 30.4 Å². The number of hydrogen-bond acceptors (Lipinski definition) is 8. The van der Waals surface area contributed by atoms with Gasteiger partial charge in [0.15, 0.2) is 0 Å². The van der Waals surface area contributed by atoms with Crippen LogP contribution in [0.5, 0.6) is 5.75 Å². The van der Waals surface area contributed by atoms with Crippen LogP contribution in [0.2, 0.25) is 0 Å². The van der Waals surface area contributed by atoms with Crippen molar-refractivity contribution in [3.05, 3.63) is 29.8 Å². The quantitative estimate of drug-likeness (QED) is 0.147. The average Bonchev–Trinajstić information content (AvgIpc) is 2.80. The zero-order valence-corrected chi connectivity index (χ0v) is 20.3. The maximum absolute atomic E-state index is 12.7. The van der Waals surface area contributed by atoms with Crippen molar-refractivity contribution >= 4 is 42.3 Å². The van der Waals surface area contributed by atoms with Crippen LogP contribution in [0.1, 0.15) is 32.3 Å². The van der Waals surface area contributed by atoms with Gasteiger partial charge in [0.1, 0.15) is 23.9 Å². The molecular weight excluding hydrogens is 480 g/mol. The number of phenols is 1. The maximum Gasteiger partial charge on any atom is 0.326 e. The van der Waals surface area contributed by atoms with E-state index < -0.39 is 66.2 Å². The molecule has 0 bridgehead atoms. The molecule has 0 radical (unpaired) electrons. The molecule has 35 heavy (non-hydrogen) atoms. The van der Waals surface area contributed by atoms with Crippen molar-refractivity contribution in [1.82, 2.24) is 16.0 Å². The van der Waals surface area contributed by atoms with Gasteiger partial charge in [-0.1, -0.05) is 32.4 Å². The number of aromatic hydroxyl groups is 1. The fourth-order valence-electron chi connectivity index (χ4n) is 3.04. The number of nitrogens with two attached hydrogens (primary N) is 1. The summed E-state index contributed by atoms with van der Waals surface area (Å²) in [5.41, 5.74) is 6.57. The highest BCUT2D eigenvalue weighted by molar-refractivity contribution is 7.80. The van der Waals surface area contributed by atoms with Gasteiger partial charge in [-0.25, -0.2) is 4.79 Å². The standard InChI is InChI=1S/C22H32N4O8S/c1-3-11(2)18(22(33)34)26-20(31)15(9-17(28)29)24-21(32)16(10-35)25-19(30)14(23)8-12-4-6-13(27)7-5-12/h4-7,11,14-16,18,27,35H,3,8-10,23H2,1-2H3,(H,24,32)(H,25,30)(H,26,31)(H,28,29)(H,33,34). The number of amides is 3. The summed E-state index contributed by atoms with van der Waals surface area (Å²) < 4.78 is 0. The van der Waals surface area contributed by atoms with E-state index in [9.17, 15) is 34.2 Å². The third kappa shape index (κ3) is 9.83. The first kappa shape index (κ1) is 29.7. The monoisotopic (exact) mass is 512 g/mol. The predicted molar refractivity (Wildman–Crippen MR) is 129 cm³/mol. The van der Waals surface area contributed by atoms with E-state index in [1.54, 1.807) is 26.0 Å². The zero-order chi connectivity index (χ0) is 26.7. The number of benzene rings is 1. The zero-order valence-electron chi connectivity index (χ0n) is 19.4. The number of carbonyl (C=O) groups is 5. The molecule has 0 heterocycles. The number of carboxylic acid groups (broad SMARTS) is 2. The Balaban J connectivity index is 2.86. The second-order valence-electron chi connectivity index (χ2n) is 8.09. The van der Waals surface area contributed by atoms with Crippen molar-refractivity contribution < 1.29 is 39.3 Å². The highest BCUT2D eigenvalue weighted by Crippen LogP contribution is 2.11. The molecule has 0 aliphatic carbocycles. The predicted octanol–water partition coefficient (Wildman–Crippen LogP) is -0.748. The lowest BCUT2D eigenvalue weighted by molar-refractivity contribution is -0.144. The van der Waals surface area contributed by atoms with Crippen molar-refractivity contribution in [3.63, 3.8) is 0 Å². The Labute approximate surface area is 208 Å². The second kappa shape index (κ2) is 14.2. The van der Waals surface area contributed by atoms with Crippen molar-refractivity contribution in [1.29, 1.82) is 0 Å². The van der Waals surface area contributed by atoms with E-state index in [-0.39, 0.29) is 17.9 Å². The Morgan fingerprint density at radius 2 is 1.49 bits per heavy atom. The van der Waals surface area contributed by atoms with E-state index in [4.69, 9.17) is 10.8 Å². The maximum atomic E-state index is 12.7. The van der Waals surface area contributed by atoms with Crippen LogP contribution < -0.4 is 21.7 Å². The van der Waals surface area contributed by atoms with Gasteiger partial charge in [0.25, 0.3) is 0 Å². The third-order valence-electron chi connectivity index (χ3n) is 5.33. The number of carbonyl (C=O) groups excluding carboxylic acids is 3. The molecular formula is C22H32N4O8S. The minimum Gasteiger partial charge on any atom is -0.508 e. The van der Waals surface area contributed by atoms with Crippen LogP contribution >= 0.6 is 12.6 Å². The molecule has 0 fully saturated rings. The molecule has 8 N–H and O–H groups in total. The van der Waals surface area contributed by atoms with Crippen LogP contribution in [0.3, 0.4) is 0 Å². The summed E-state index contributed by atoms with van der Waals surface area (Å²) >= 11 is 4.04. The second-order valence-corrected chi connectivity index (χ2v) is 8.46. The number of rotatable bonds is 14. The van der Waals surface area contributed by atoms with Gasteiger partial charge in [-0.3, -0.25) is 19.2 Å². The molecule has 3 amide bonds. The number of carboxylic acids is 2. The third-order valence-corrected chi connectivity index (χ3v) is 5.70. The molecule has 194 valence electrons. The van der Waals surface area contributed by atoms with Crippen LogP contribution in [-0.4, -0.2) is 74.9 Å². The molecule has 1 aromatic rings. The summed E-state index contributed by atoms with van der Waals surface area (Å²) in [6.45, 7) is 3.34. The molecule has 1 aromatic carbocycles. The molecule has 0 aromatic heterocycles. The van der Waals surface area contributed by atoms with E-state index in [0.717, 1.165) is 0 Å². The lowest BCUT2D eigenvalue weighted by Gasteiger charge is -2.25. The van der Waals surface area contributed by atoms with E-state index in [1.807, 2.05) is 0 Å². The molecule has 5 unspecified atom stereocenters. The molecule has 1 rings (SSSR count). The Morgan fingerprint density at radius 3 is 1.97 bits per heavy atom. The number of hydrogen-bond donors (Lipinski definition) is 8. The summed E-state index contributed by atoms with van der Waals surface area (Å²) in [6.07, 6.45) is -0.257. The Kier molecular flexibility index (Phi) is 12.0. The molecule has 5 atom stereocenters. The van der Waals surface area contributed by atoms with Gasteiger partial charge < -0.3 is 37.0 Å². The van der Waals surface area contributed by atoms with Gasteiger partial charge in [0, 0.05) is 5.75 Å². The first-order valence-corrected chi connectivity index (χ1v) is 11.5. The lowest BCUT2D eigenvalue weighted by atomic mass is 9.98. The SMILES string of the molecule is CCC(C)C(NC(=O)C(CC(=O)O)NC(=O)C(CS)NC(=O)C(N)Cc1ccc(O)cc1)C(=O)O. The number of phenolic OH excluding ortho intramolecular Hbond substituents is 1. The van der Waals surface area contributed by atoms with Gasteiger partial charge >= 0.3 is 11.9 Å². The Bertz CT molecular complexity index is 911. The van der Waals surface area contributed by atoms with E-state index in [1.165, 1.54) is 12.1 Å². The van der Waals surface area contributed by atoms with Crippen LogP contribution in [0.15, 0.2) is 24.3 Å². The van der Waals surface area contributed by atoms with Gasteiger partial charge in [-0.15, -0.1) is 0 Å². The van der Waals surface area contributed by atoms with Crippen molar-refractivity contribution in [2.75, 3.05) is 5.75 Å². The molecule has 0 aliphatic rings. The molecule has 13 heteroatoms. The summed E-state index contributed by atoms with van der Waals surface area (Å²) in [7, 11) is 0. The average molecular weight is 513 g/mol. The van der Waals surface area contributed by atoms with E-state index in [2.05, 4.69) is 28.6 Å². The molecule has 0 saturated carbocycles. The lowest BCUT2D eigenvalue weighted by Crippen LogP contribution is -2.58. The van der Waals surface area contributed by atoms with Gasteiger partial charge in [-0.2, -0.15) is 12.6 Å². The number of thiol groups is 1. The normalized spacial score (nSPS) is 15.1. The minimum atomic E-state index is -1.59. The Morgan fingerprint density at radius 1 is 0.943 bits per heavy atom. The highest BCUT2D eigenvalue weighted by Gasteiger charge is 2.32. The largest absolute Gasteiger partial charge is 0.508 e. The van der Waals surface area contributed by atoms with E-state index >= 15 is 0 Å². The molecule has 12 nitrogen and oxygen atoms in total. The molecule has 0 saturated heterocycles. The number of aliphatic carboxylic acids is 2. The van der Waals surface area contributed by atoms with Gasteiger partial charge in [0.05, 0.1) is 12.5 Å². The smallest absolute Gasteiger partial charge is 0.326 e. The summed E-state index contributed by atoms with van der Waals surface area (Å²) in [5, 5.41) is 34.8. The first-order chi connectivity index (χ1) is 16.4. The van der Waals surface area contributed by atoms with Crippen molar-refractivity contribution in [2.24, 2.45) is 11.7 Å².